The van der Waals surface area contributed by atoms with Crippen LogP contribution < -0.4 is 20.3 Å². The summed E-state index contributed by atoms with van der Waals surface area (Å²) in [6.45, 7) is 19.2. The second-order valence-electron chi connectivity index (χ2n) is 34.1. The number of unbranched alkanes of at least 4 members (excludes halogenated alkanes) is 4. The highest BCUT2D eigenvalue weighted by molar-refractivity contribution is 8.03. The van der Waals surface area contributed by atoms with Gasteiger partial charge in [0.2, 0.25) is 11.4 Å². The van der Waals surface area contributed by atoms with Crippen LogP contribution in [0.5, 0.6) is 0 Å². The Morgan fingerprint density at radius 2 is 0.867 bits per heavy atom. The van der Waals surface area contributed by atoms with Gasteiger partial charge >= 0.3 is 33.2 Å². The number of fused-ring (bicyclic) bond motifs is 4. The Morgan fingerprint density at radius 1 is 0.481 bits per heavy atom. The monoisotopic (exact) mass is 2070 g/mol. The number of carbonyl (C=O) groups is 2. The van der Waals surface area contributed by atoms with Gasteiger partial charge in [-0.2, -0.15) is 51.5 Å². The Balaban J connectivity index is 0.000000280. The van der Waals surface area contributed by atoms with Crippen LogP contribution in [0.25, 0.3) is 0 Å². The smallest absolute Gasteiger partial charge is 0.425 e. The number of halogens is 1. The third-order valence-corrected chi connectivity index (χ3v) is 29.9. The summed E-state index contributed by atoms with van der Waals surface area (Å²) < 4.78 is 197. The maximum atomic E-state index is 12.2. The van der Waals surface area contributed by atoms with E-state index < -0.39 is 84.5 Å². The number of hydrogen-bond donors (Lipinski definition) is 7. The average Bonchev–Trinajstić information content (AvgIpc) is 1.60. The Morgan fingerprint density at radius 3 is 1.27 bits per heavy atom. The van der Waals surface area contributed by atoms with E-state index in [0.29, 0.717) is 59.2 Å². The van der Waals surface area contributed by atoms with Gasteiger partial charge in [-0.3, -0.25) is 37.9 Å². The van der Waals surface area contributed by atoms with Crippen molar-refractivity contribution < 1.29 is 135 Å². The van der Waals surface area contributed by atoms with Gasteiger partial charge in [0.05, 0.1) is 45.0 Å². The second kappa shape index (κ2) is 50.3. The number of para-hydroxylation sites is 2. The number of benzene rings is 6. The number of anilines is 2. The van der Waals surface area contributed by atoms with Crippen molar-refractivity contribution >= 4 is 168 Å². The molecule has 6 aromatic rings. The maximum Gasteiger partial charge on any atom is 0.425 e. The molecule has 0 bridgehead atoms. The van der Waals surface area contributed by atoms with Crippen LogP contribution >= 0.6 is 60.1 Å². The number of hydrogen-bond acceptors (Lipinski definition) is 28. The first-order valence-corrected chi connectivity index (χ1v) is 54.2. The number of aliphatic carboxylic acids is 2. The van der Waals surface area contributed by atoms with Crippen molar-refractivity contribution in [3.05, 3.63) is 259 Å². The molecule has 6 aromatic carbocycles. The van der Waals surface area contributed by atoms with E-state index in [-0.39, 0.29) is 57.8 Å². The van der Waals surface area contributed by atoms with E-state index in [2.05, 4.69) is 140 Å². The van der Waals surface area contributed by atoms with E-state index in [1.807, 2.05) is 87.2 Å². The number of allylic oxidation sites excluding steroid dienone is 15. The first-order chi connectivity index (χ1) is 63.4. The highest BCUT2D eigenvalue weighted by Crippen LogP contribution is 2.52. The molecule has 4 aliphatic heterocycles. The molecule has 0 radical (unpaired) electrons. The van der Waals surface area contributed by atoms with Crippen molar-refractivity contribution in [3.63, 3.8) is 0 Å². The van der Waals surface area contributed by atoms with Crippen LogP contribution in [-0.4, -0.2) is 169 Å². The Hall–Kier alpha value is -8.55. The zero-order chi connectivity index (χ0) is 99.6. The molecule has 12 rings (SSSR count). The highest BCUT2D eigenvalue weighted by Gasteiger charge is 2.47. The summed E-state index contributed by atoms with van der Waals surface area (Å²) in [5, 5.41) is 45.8. The van der Waals surface area contributed by atoms with E-state index in [1.165, 1.54) is 46.8 Å². The van der Waals surface area contributed by atoms with Crippen LogP contribution in [0.15, 0.2) is 245 Å². The van der Waals surface area contributed by atoms with Gasteiger partial charge in [-0.05, 0) is 222 Å². The molecule has 0 fully saturated rings. The molecule has 0 saturated carbocycles. The van der Waals surface area contributed by atoms with Crippen molar-refractivity contribution in [2.45, 2.75) is 199 Å². The zero-order valence-electron chi connectivity index (χ0n) is 75.2. The van der Waals surface area contributed by atoms with Crippen molar-refractivity contribution in [1.82, 2.24) is 0 Å². The summed E-state index contributed by atoms with van der Waals surface area (Å²) in [5.41, 5.74) is 15.6. The fourth-order valence-electron chi connectivity index (χ4n) is 17.0. The number of thioether (sulfide) groups is 1. The number of carboxylic acid groups (broad SMARTS) is 2. The minimum absolute atomic E-state index is 0.0774. The number of thiol groups is 1. The first-order valence-electron chi connectivity index (χ1n) is 42.6. The summed E-state index contributed by atoms with van der Waals surface area (Å²) >= 11 is 14.8. The van der Waals surface area contributed by atoms with E-state index in [9.17, 15) is 77.1 Å². The fraction of sp³-hybridized carbons (Fsp3) is 0.391. The minimum atomic E-state index is -4.49. The van der Waals surface area contributed by atoms with Gasteiger partial charge in [-0.1, -0.05) is 136 Å². The molecular formula is C92H109ClN4O28S10. The molecule has 4 heterocycles. The summed E-state index contributed by atoms with van der Waals surface area (Å²) in [4.78, 5) is 28.2. The van der Waals surface area contributed by atoms with Gasteiger partial charge in [0.1, 0.15) is 13.1 Å². The van der Waals surface area contributed by atoms with E-state index in [1.54, 1.807) is 48.2 Å². The molecule has 0 unspecified atom stereocenters. The molecule has 6 aliphatic rings. The Kier molecular flexibility index (Phi) is 41.7. The van der Waals surface area contributed by atoms with Crippen LogP contribution in [0.1, 0.15) is 179 Å². The third kappa shape index (κ3) is 32.3. The molecule has 2 aliphatic carbocycles. The predicted octanol–water partition coefficient (Wildman–Crippen LogP) is 15.7. The lowest BCUT2D eigenvalue weighted by Crippen LogP contribution is -2.28. The van der Waals surface area contributed by atoms with Crippen LogP contribution in [0.2, 0.25) is 0 Å². The predicted molar refractivity (Wildman–Crippen MR) is 517 cm³/mol. The van der Waals surface area contributed by atoms with Crippen molar-refractivity contribution in [3.8, 4) is 0 Å². The van der Waals surface area contributed by atoms with Gasteiger partial charge in [0, 0.05) is 150 Å². The van der Waals surface area contributed by atoms with Crippen LogP contribution in [0, 0.1) is 0 Å². The zero-order valence-corrected chi connectivity index (χ0v) is 84.2. The quantitative estimate of drug-likeness (QED) is 0.00360. The highest BCUT2D eigenvalue weighted by atomic mass is 35.5. The molecule has 0 aromatic heterocycles. The van der Waals surface area contributed by atoms with E-state index >= 15 is 0 Å². The Bertz CT molecular complexity index is 6350. The van der Waals surface area contributed by atoms with Crippen LogP contribution in [0.3, 0.4) is 0 Å². The molecule has 6 N–H and O–H groups in total. The molecule has 32 nitrogen and oxygen atoms in total. The van der Waals surface area contributed by atoms with Crippen molar-refractivity contribution in [1.29, 1.82) is 0 Å². The van der Waals surface area contributed by atoms with E-state index in [4.69, 9.17) is 42.0 Å². The number of rotatable bonds is 38. The summed E-state index contributed by atoms with van der Waals surface area (Å²) in [5.74, 6) is -1.19. The molecule has 732 valence electrons. The largest absolute Gasteiger partial charge is 0.691 e. The molecule has 0 atom stereocenters. The maximum absolute atomic E-state index is 12.2. The van der Waals surface area contributed by atoms with Crippen molar-refractivity contribution in [2.75, 3.05) is 59.0 Å². The molecule has 0 amide bonds. The Labute approximate surface area is 814 Å². The molecule has 0 saturated heterocycles. The molecule has 43 heteroatoms. The van der Waals surface area contributed by atoms with Gasteiger partial charge < -0.3 is 30.5 Å². The van der Waals surface area contributed by atoms with Crippen LogP contribution in [0.4, 0.5) is 22.7 Å². The number of carboxylic acids is 2. The second-order valence-corrected chi connectivity index (χ2v) is 44.4. The first kappa shape index (κ1) is 112. The van der Waals surface area contributed by atoms with E-state index in [0.717, 1.165) is 178 Å². The molecule has 135 heavy (non-hydrogen) atoms. The number of nitrogens with zero attached hydrogens (tertiary/aromatic N) is 4. The standard InChI is InChI=1S/C46H54N2O11S4.C38H47ClN2O9S3.C8H8O2S.2O3S/c1-45(2)37-14-5-6-15-39(37)47(26-7-9-28-60-59-58-51)41(45)24-18-33-12-11-13-34(44(33)61-35-20-16-32(17-21-35)30-43(49)50)19-25-42-46(3,4)38-31-36(63(55,56)57)22-23-40(38)48(42)27-8-10-29-62(52,53)54;1-37(2)30-14-5-6-15-32(30)40(22-7-9-24-51-50-49-42)34(37)20-16-27-12-11-13-28(36(27)39)17-21-35-38(3,4)31-26-29(53(46,47)48)18-19-33(31)41(35)23-8-10-25-52(43,44)45;9-8(10)5-6-1-3-7(11)4-2-6;2*1-4(2)3/h5-6,14-25,31H,7-13,26-30H2,1-4H3,(H3-,49,50,51,52,53,54,55,56,57);5-6,14-21,26H,7-13,22-25H2,1-4H3,(H2-,42,43,44,45,46,47,48);1-4,11H,5H2,(H,9,10);;. The lowest BCUT2D eigenvalue weighted by molar-refractivity contribution is -0.777. The van der Waals surface area contributed by atoms with Gasteiger partial charge in [0.25, 0.3) is 40.5 Å². The molecule has 0 spiro atoms. The summed E-state index contributed by atoms with van der Waals surface area (Å²) in [6, 6.07) is 40.5. The summed E-state index contributed by atoms with van der Waals surface area (Å²) in [6.07, 6.45) is 26.7. The topological polar surface area (TPSA) is 490 Å². The van der Waals surface area contributed by atoms with Gasteiger partial charge in [-0.25, -0.2) is 0 Å². The fourth-order valence-corrected chi connectivity index (χ4v) is 21.6. The SMILES string of the molecule is CC1(C)C(/C=C/C2=C(Cl)C(=C/C=C3/N(CCCCS(=O)(=O)O)c4ccc(S(=O)(=O)O)cc4C3(C)C)/CCC2)=[N+](CCCCSOO[O-])c2ccccc21.CC1(C)C(/C=C/C2=C(Sc3ccc(CC(=O)O)cc3)C(=C/C=C3/N(CCCCS(=O)(=O)O)c4ccc(S(=O)(=O)O)cc4C3(C)C)/CCC2)=[N+](CCCCSOO[O-])c2ccccc21.O=C(O)Cc1ccc(S)cc1.O=S(=O)=O.O=S(=O)=O. The van der Waals surface area contributed by atoms with Crippen molar-refractivity contribution in [2.24, 2.45) is 0 Å². The molecular weight excluding hydrogens is 1970 g/mol. The van der Waals surface area contributed by atoms with Gasteiger partial charge in [0.15, 0.2) is 11.4 Å². The lowest BCUT2D eigenvalue weighted by atomic mass is 9.81. The minimum Gasteiger partial charge on any atom is -0.691 e. The normalized spacial score (nSPS) is 17.6. The summed E-state index contributed by atoms with van der Waals surface area (Å²) in [7, 11) is -23.4. The average molecular weight is 2080 g/mol. The van der Waals surface area contributed by atoms with Crippen LogP contribution in [-0.2, 0) is 125 Å². The lowest BCUT2D eigenvalue weighted by Gasteiger charge is -2.27. The third-order valence-electron chi connectivity index (χ3n) is 23.4. The van der Waals surface area contributed by atoms with Gasteiger partial charge in [-0.15, -0.1) is 37.9 Å².